The average molecular weight is 333 g/mol. The molecule has 130 valence electrons. The van der Waals surface area contributed by atoms with Gasteiger partial charge in [-0.25, -0.2) is 0 Å². The maximum absolute atomic E-state index is 12.6. The van der Waals surface area contributed by atoms with Gasteiger partial charge in [-0.2, -0.15) is 0 Å². The third-order valence-electron chi connectivity index (χ3n) is 4.66. The predicted octanol–water partition coefficient (Wildman–Crippen LogP) is 0.608. The number of hydrogen-bond acceptors (Lipinski definition) is 5. The van der Waals surface area contributed by atoms with Crippen LogP contribution in [0.3, 0.4) is 0 Å². The van der Waals surface area contributed by atoms with Crippen molar-refractivity contribution in [3.8, 4) is 0 Å². The molecule has 7 nitrogen and oxygen atoms in total. The molecule has 0 aromatic carbocycles. The Kier molecular flexibility index (Phi) is 5.11. The van der Waals surface area contributed by atoms with E-state index in [1.807, 2.05) is 4.90 Å². The Morgan fingerprint density at radius 3 is 3.00 bits per heavy atom. The van der Waals surface area contributed by atoms with Crippen LogP contribution in [0.5, 0.6) is 0 Å². The highest BCUT2D eigenvalue weighted by Crippen LogP contribution is 2.36. The summed E-state index contributed by atoms with van der Waals surface area (Å²) in [4.78, 5) is 29.7. The van der Waals surface area contributed by atoms with Crippen LogP contribution in [0.15, 0.2) is 24.5 Å². The minimum Gasteiger partial charge on any atom is -0.370 e. The Balaban J connectivity index is 1.59. The number of nitrogens with zero attached hydrogens (tertiary/aromatic N) is 2. The van der Waals surface area contributed by atoms with Crippen molar-refractivity contribution >= 4 is 11.8 Å². The fraction of sp³-hybridized carbons (Fsp3) is 0.588. The van der Waals surface area contributed by atoms with Crippen molar-refractivity contribution in [3.63, 3.8) is 0 Å². The van der Waals surface area contributed by atoms with Gasteiger partial charge in [0.15, 0.2) is 0 Å². The molecule has 2 amide bonds. The summed E-state index contributed by atoms with van der Waals surface area (Å²) in [6, 6.07) is 3.46. The normalized spacial score (nSPS) is 26.5. The summed E-state index contributed by atoms with van der Waals surface area (Å²) in [6.07, 6.45) is 5.68. The molecule has 1 spiro atoms. The van der Waals surface area contributed by atoms with Gasteiger partial charge in [0.2, 0.25) is 5.91 Å². The Labute approximate surface area is 141 Å². The maximum atomic E-state index is 12.6. The molecule has 3 heterocycles. The largest absolute Gasteiger partial charge is 0.370 e. The number of likely N-dealkylation sites (tertiary alicyclic amines) is 1. The molecule has 0 saturated carbocycles. The topological polar surface area (TPSA) is 80.8 Å². The Morgan fingerprint density at radius 2 is 2.25 bits per heavy atom. The molecule has 2 atom stereocenters. The summed E-state index contributed by atoms with van der Waals surface area (Å²) in [5.74, 6) is -0.135. The lowest BCUT2D eigenvalue weighted by Crippen LogP contribution is -2.50. The lowest BCUT2D eigenvalue weighted by Gasteiger charge is -2.39. The van der Waals surface area contributed by atoms with E-state index in [1.165, 1.54) is 0 Å². The monoisotopic (exact) mass is 333 g/mol. The van der Waals surface area contributed by atoms with E-state index in [-0.39, 0.29) is 30.1 Å². The number of amides is 2. The lowest BCUT2D eigenvalue weighted by atomic mass is 9.89. The van der Waals surface area contributed by atoms with Gasteiger partial charge >= 0.3 is 0 Å². The smallest absolute Gasteiger partial charge is 0.254 e. The molecule has 2 aliphatic rings. The summed E-state index contributed by atoms with van der Waals surface area (Å²) >= 11 is 0. The molecule has 0 radical (unpaired) electrons. The van der Waals surface area contributed by atoms with Crippen LogP contribution in [0.2, 0.25) is 0 Å². The van der Waals surface area contributed by atoms with Crippen molar-refractivity contribution in [1.82, 2.24) is 15.2 Å². The molecule has 2 unspecified atom stereocenters. The lowest BCUT2D eigenvalue weighted by molar-refractivity contribution is -0.127. The minimum atomic E-state index is -0.353. The SMILES string of the molecule is CNC(=O)COC1COC2(CCCN(C(=O)c3ccncc3)C2)C1. The van der Waals surface area contributed by atoms with Gasteiger partial charge < -0.3 is 19.7 Å². The molecule has 2 aliphatic heterocycles. The van der Waals surface area contributed by atoms with Gasteiger partial charge in [-0.3, -0.25) is 14.6 Å². The quantitative estimate of drug-likeness (QED) is 0.873. The second kappa shape index (κ2) is 7.27. The van der Waals surface area contributed by atoms with Crippen LogP contribution in [-0.4, -0.2) is 66.8 Å². The van der Waals surface area contributed by atoms with Crippen LogP contribution < -0.4 is 5.32 Å². The second-order valence-corrected chi connectivity index (χ2v) is 6.37. The number of likely N-dealkylation sites (N-methyl/N-ethyl adjacent to an activating group) is 1. The number of nitrogens with one attached hydrogen (secondary N) is 1. The van der Waals surface area contributed by atoms with Crippen molar-refractivity contribution in [2.75, 3.05) is 33.4 Å². The summed E-state index contributed by atoms with van der Waals surface area (Å²) in [5.41, 5.74) is 0.293. The maximum Gasteiger partial charge on any atom is 0.254 e. The third kappa shape index (κ3) is 3.73. The molecule has 0 bridgehead atoms. The molecule has 2 saturated heterocycles. The molecular formula is C17H23N3O4. The molecule has 3 rings (SSSR count). The zero-order chi connectivity index (χ0) is 17.0. The zero-order valence-electron chi connectivity index (χ0n) is 13.9. The van der Waals surface area contributed by atoms with E-state index in [4.69, 9.17) is 9.47 Å². The Hall–Kier alpha value is -1.99. The molecule has 1 N–H and O–H groups in total. The van der Waals surface area contributed by atoms with Crippen LogP contribution in [-0.2, 0) is 14.3 Å². The number of ether oxygens (including phenoxy) is 2. The first-order valence-corrected chi connectivity index (χ1v) is 8.27. The Bertz CT molecular complexity index is 595. The van der Waals surface area contributed by atoms with Crippen molar-refractivity contribution in [1.29, 1.82) is 0 Å². The number of piperidine rings is 1. The van der Waals surface area contributed by atoms with Crippen LogP contribution in [0.25, 0.3) is 0 Å². The van der Waals surface area contributed by atoms with E-state index in [0.29, 0.717) is 25.1 Å². The van der Waals surface area contributed by atoms with Gasteiger partial charge in [0, 0.05) is 38.0 Å². The number of hydrogen-bond donors (Lipinski definition) is 1. The summed E-state index contributed by atoms with van der Waals surface area (Å²) in [5, 5.41) is 2.54. The number of rotatable bonds is 4. The fourth-order valence-corrected chi connectivity index (χ4v) is 3.41. The highest BCUT2D eigenvalue weighted by molar-refractivity contribution is 5.94. The third-order valence-corrected chi connectivity index (χ3v) is 4.66. The van der Waals surface area contributed by atoms with Gasteiger partial charge in [-0.1, -0.05) is 0 Å². The predicted molar refractivity (Wildman–Crippen MR) is 86.5 cm³/mol. The van der Waals surface area contributed by atoms with Crippen LogP contribution in [0.1, 0.15) is 29.6 Å². The van der Waals surface area contributed by atoms with E-state index < -0.39 is 0 Å². The molecule has 7 heteroatoms. The summed E-state index contributed by atoms with van der Waals surface area (Å²) < 4.78 is 11.6. The fourth-order valence-electron chi connectivity index (χ4n) is 3.41. The average Bonchev–Trinajstić information content (AvgIpc) is 3.02. The van der Waals surface area contributed by atoms with Gasteiger partial charge in [0.1, 0.15) is 6.61 Å². The molecule has 2 fully saturated rings. The molecule has 1 aromatic rings. The first-order valence-electron chi connectivity index (χ1n) is 8.27. The van der Waals surface area contributed by atoms with E-state index >= 15 is 0 Å². The molecule has 0 aliphatic carbocycles. The van der Waals surface area contributed by atoms with Crippen molar-refractivity contribution in [2.24, 2.45) is 0 Å². The van der Waals surface area contributed by atoms with Gasteiger partial charge in [0.25, 0.3) is 5.91 Å². The van der Waals surface area contributed by atoms with E-state index in [2.05, 4.69) is 10.3 Å². The number of pyridine rings is 1. The highest BCUT2D eigenvalue weighted by Gasteiger charge is 2.45. The van der Waals surface area contributed by atoms with E-state index in [1.54, 1.807) is 31.6 Å². The summed E-state index contributed by atoms with van der Waals surface area (Å²) in [7, 11) is 1.59. The van der Waals surface area contributed by atoms with Crippen molar-refractivity contribution < 1.29 is 19.1 Å². The van der Waals surface area contributed by atoms with E-state index in [0.717, 1.165) is 19.4 Å². The van der Waals surface area contributed by atoms with Crippen LogP contribution >= 0.6 is 0 Å². The number of aromatic nitrogens is 1. The first-order chi connectivity index (χ1) is 11.6. The molecular weight excluding hydrogens is 310 g/mol. The number of carbonyl (C=O) groups is 2. The second-order valence-electron chi connectivity index (χ2n) is 6.37. The Morgan fingerprint density at radius 1 is 1.46 bits per heavy atom. The first kappa shape index (κ1) is 16.9. The molecule has 24 heavy (non-hydrogen) atoms. The van der Waals surface area contributed by atoms with Gasteiger partial charge in [0.05, 0.1) is 24.9 Å². The summed E-state index contributed by atoms with van der Waals surface area (Å²) in [6.45, 7) is 1.80. The minimum absolute atomic E-state index is 0.00908. The standard InChI is InChI=1S/C17H23N3O4/c1-18-15(21)11-23-14-9-17(24-10-14)5-2-8-20(12-17)16(22)13-3-6-19-7-4-13/h3-4,6-7,14H,2,5,8-12H2,1H3,(H,18,21). The van der Waals surface area contributed by atoms with Crippen LogP contribution in [0.4, 0.5) is 0 Å². The van der Waals surface area contributed by atoms with Gasteiger partial charge in [-0.05, 0) is 25.0 Å². The highest BCUT2D eigenvalue weighted by atomic mass is 16.6. The van der Waals surface area contributed by atoms with E-state index in [9.17, 15) is 9.59 Å². The van der Waals surface area contributed by atoms with Crippen molar-refractivity contribution in [2.45, 2.75) is 31.0 Å². The molecule has 1 aromatic heterocycles. The van der Waals surface area contributed by atoms with Gasteiger partial charge in [-0.15, -0.1) is 0 Å². The number of carbonyl (C=O) groups excluding carboxylic acids is 2. The zero-order valence-corrected chi connectivity index (χ0v) is 13.9. The van der Waals surface area contributed by atoms with Crippen LogP contribution in [0, 0.1) is 0 Å². The van der Waals surface area contributed by atoms with Crippen molar-refractivity contribution in [3.05, 3.63) is 30.1 Å².